The highest BCUT2D eigenvalue weighted by Gasteiger charge is 2.21. The minimum atomic E-state index is -4.35. The van der Waals surface area contributed by atoms with Gasteiger partial charge in [-0.2, -0.15) is 10.5 Å². The van der Waals surface area contributed by atoms with Crippen molar-refractivity contribution in [2.24, 2.45) is 0 Å². The molecule has 1 heterocycles. The molecule has 0 radical (unpaired) electrons. The minimum Gasteiger partial charge on any atom is -0.360 e. The SMILES string of the molecule is N#Cc1ccc(F)c(-c2cc(S(=O)(=O)Nc3cc(F)c(C#N)cc3F)c[nH]2)c1. The molecule has 3 rings (SSSR count). The maximum absolute atomic E-state index is 14.0. The van der Waals surface area contributed by atoms with Gasteiger partial charge < -0.3 is 4.98 Å². The molecule has 0 aliphatic heterocycles. The van der Waals surface area contributed by atoms with E-state index in [4.69, 9.17) is 10.5 Å². The van der Waals surface area contributed by atoms with E-state index >= 15 is 0 Å². The number of benzene rings is 2. The summed E-state index contributed by atoms with van der Waals surface area (Å²) in [6.45, 7) is 0. The number of aromatic amines is 1. The normalized spacial score (nSPS) is 10.9. The van der Waals surface area contributed by atoms with Crippen molar-refractivity contribution in [2.45, 2.75) is 4.90 Å². The average molecular weight is 402 g/mol. The second kappa shape index (κ2) is 7.10. The van der Waals surface area contributed by atoms with Gasteiger partial charge >= 0.3 is 0 Å². The molecule has 0 saturated heterocycles. The van der Waals surface area contributed by atoms with Crippen LogP contribution in [0.2, 0.25) is 0 Å². The second-order valence-corrected chi connectivity index (χ2v) is 7.27. The van der Waals surface area contributed by atoms with Gasteiger partial charge in [0.2, 0.25) is 0 Å². The van der Waals surface area contributed by atoms with Gasteiger partial charge in [-0.1, -0.05) is 0 Å². The Morgan fingerprint density at radius 3 is 2.36 bits per heavy atom. The number of hydrogen-bond donors (Lipinski definition) is 2. The lowest BCUT2D eigenvalue weighted by Crippen LogP contribution is -2.13. The van der Waals surface area contributed by atoms with E-state index in [1.54, 1.807) is 0 Å². The summed E-state index contributed by atoms with van der Waals surface area (Å²) in [5, 5.41) is 17.6. The fourth-order valence-electron chi connectivity index (χ4n) is 2.40. The number of hydrogen-bond acceptors (Lipinski definition) is 4. The van der Waals surface area contributed by atoms with Crippen molar-refractivity contribution in [3.8, 4) is 23.4 Å². The van der Waals surface area contributed by atoms with Crippen LogP contribution in [0.25, 0.3) is 11.3 Å². The molecule has 0 fully saturated rings. The van der Waals surface area contributed by atoms with E-state index in [0.29, 0.717) is 12.1 Å². The highest BCUT2D eigenvalue weighted by Crippen LogP contribution is 2.27. The monoisotopic (exact) mass is 402 g/mol. The van der Waals surface area contributed by atoms with Gasteiger partial charge in [0.05, 0.1) is 22.9 Å². The van der Waals surface area contributed by atoms with Gasteiger partial charge in [0.25, 0.3) is 10.0 Å². The predicted molar refractivity (Wildman–Crippen MR) is 92.8 cm³/mol. The molecule has 10 heteroatoms. The molecule has 28 heavy (non-hydrogen) atoms. The number of nitrogens with zero attached hydrogens (tertiary/aromatic N) is 2. The Hall–Kier alpha value is -3.76. The summed E-state index contributed by atoms with van der Waals surface area (Å²) < 4.78 is 68.3. The Bertz CT molecular complexity index is 1270. The summed E-state index contributed by atoms with van der Waals surface area (Å²) >= 11 is 0. The summed E-state index contributed by atoms with van der Waals surface area (Å²) in [6, 6.07) is 9.05. The maximum atomic E-state index is 14.0. The number of aromatic nitrogens is 1. The first-order valence-corrected chi connectivity index (χ1v) is 9.04. The largest absolute Gasteiger partial charge is 0.360 e. The summed E-state index contributed by atoms with van der Waals surface area (Å²) in [7, 11) is -4.35. The van der Waals surface area contributed by atoms with Crippen molar-refractivity contribution in [3.05, 3.63) is 71.2 Å². The number of anilines is 1. The molecule has 2 N–H and O–H groups in total. The number of nitrogens with one attached hydrogen (secondary N) is 2. The zero-order chi connectivity index (χ0) is 20.5. The smallest absolute Gasteiger partial charge is 0.263 e. The lowest BCUT2D eigenvalue weighted by atomic mass is 10.1. The Labute approximate surface area is 157 Å². The number of rotatable bonds is 4. The third kappa shape index (κ3) is 3.54. The molecule has 0 saturated carbocycles. The molecule has 0 amide bonds. The van der Waals surface area contributed by atoms with Gasteiger partial charge in [0, 0.05) is 23.5 Å². The van der Waals surface area contributed by atoms with Crippen molar-refractivity contribution in [1.29, 1.82) is 10.5 Å². The quantitative estimate of drug-likeness (QED) is 0.694. The predicted octanol–water partition coefficient (Wildman–Crippen LogP) is 3.64. The van der Waals surface area contributed by atoms with Gasteiger partial charge in [-0.25, -0.2) is 21.6 Å². The molecule has 1 aromatic heterocycles. The Morgan fingerprint density at radius 1 is 0.929 bits per heavy atom. The van der Waals surface area contributed by atoms with E-state index in [-0.39, 0.29) is 21.7 Å². The molecule has 6 nitrogen and oxygen atoms in total. The third-order valence-corrected chi connectivity index (χ3v) is 5.12. The molecular weight excluding hydrogens is 393 g/mol. The molecule has 0 atom stereocenters. The van der Waals surface area contributed by atoms with Crippen molar-refractivity contribution in [2.75, 3.05) is 4.72 Å². The van der Waals surface area contributed by atoms with E-state index in [2.05, 4.69) is 4.98 Å². The topological polar surface area (TPSA) is 110 Å². The Balaban J connectivity index is 1.96. The Morgan fingerprint density at radius 2 is 1.68 bits per heavy atom. The molecule has 2 aromatic carbocycles. The highest BCUT2D eigenvalue weighted by molar-refractivity contribution is 7.92. The lowest BCUT2D eigenvalue weighted by Gasteiger charge is -2.08. The summed E-state index contributed by atoms with van der Waals surface area (Å²) in [6.07, 6.45) is 1.04. The van der Waals surface area contributed by atoms with Crippen molar-refractivity contribution in [1.82, 2.24) is 4.98 Å². The van der Waals surface area contributed by atoms with Crippen molar-refractivity contribution in [3.63, 3.8) is 0 Å². The number of H-pyrrole nitrogens is 1. The molecule has 0 bridgehead atoms. The van der Waals surface area contributed by atoms with Crippen LogP contribution in [-0.2, 0) is 10.0 Å². The van der Waals surface area contributed by atoms with Crippen molar-refractivity contribution < 1.29 is 21.6 Å². The number of nitriles is 2. The van der Waals surface area contributed by atoms with Crippen LogP contribution in [0.15, 0.2) is 47.5 Å². The summed E-state index contributed by atoms with van der Waals surface area (Å²) in [4.78, 5) is 2.20. The fourth-order valence-corrected chi connectivity index (χ4v) is 3.45. The first-order chi connectivity index (χ1) is 13.2. The van der Waals surface area contributed by atoms with Crippen LogP contribution in [0.3, 0.4) is 0 Å². The minimum absolute atomic E-state index is 0.0314. The van der Waals surface area contributed by atoms with Crippen molar-refractivity contribution >= 4 is 15.7 Å². The molecular formula is C18H9F3N4O2S. The highest BCUT2D eigenvalue weighted by atomic mass is 32.2. The third-order valence-electron chi connectivity index (χ3n) is 3.77. The molecule has 3 aromatic rings. The number of halogens is 3. The molecule has 0 spiro atoms. The van der Waals surface area contributed by atoms with E-state index in [1.807, 2.05) is 10.8 Å². The van der Waals surface area contributed by atoms with Crippen LogP contribution >= 0.6 is 0 Å². The maximum Gasteiger partial charge on any atom is 0.263 e. The van der Waals surface area contributed by atoms with Gasteiger partial charge in [-0.05, 0) is 30.3 Å². The summed E-state index contributed by atoms with van der Waals surface area (Å²) in [5.41, 5.74) is -1.05. The van der Waals surface area contributed by atoms with Crippen LogP contribution < -0.4 is 4.72 Å². The van der Waals surface area contributed by atoms with Crippen LogP contribution in [0.1, 0.15) is 11.1 Å². The van der Waals surface area contributed by atoms with E-state index in [1.165, 1.54) is 18.2 Å². The zero-order valence-corrected chi connectivity index (χ0v) is 14.6. The van der Waals surface area contributed by atoms with Gasteiger partial charge in [0.15, 0.2) is 0 Å². The van der Waals surface area contributed by atoms with Crippen LogP contribution in [0, 0.1) is 40.1 Å². The van der Waals surface area contributed by atoms with E-state index < -0.39 is 38.7 Å². The summed E-state index contributed by atoms with van der Waals surface area (Å²) in [5.74, 6) is -2.91. The first kappa shape index (κ1) is 19.0. The molecule has 140 valence electrons. The fraction of sp³-hybridized carbons (Fsp3) is 0. The molecule has 0 unspecified atom stereocenters. The van der Waals surface area contributed by atoms with E-state index in [9.17, 15) is 21.6 Å². The number of sulfonamides is 1. The van der Waals surface area contributed by atoms with E-state index in [0.717, 1.165) is 18.3 Å². The standard InChI is InChI=1S/C18H9F3N4O2S/c19-14-2-1-10(7-22)3-13(14)17-5-12(9-24-17)28(26,27)25-18-6-15(20)11(8-23)4-16(18)21/h1-6,9,24-25H. The Kier molecular flexibility index (Phi) is 4.82. The zero-order valence-electron chi connectivity index (χ0n) is 13.8. The van der Waals surface area contributed by atoms with Crippen LogP contribution in [0.4, 0.5) is 18.9 Å². The lowest BCUT2D eigenvalue weighted by molar-refractivity contribution is 0.593. The molecule has 0 aliphatic rings. The van der Waals surface area contributed by atoms with Gasteiger partial charge in [-0.15, -0.1) is 0 Å². The second-order valence-electron chi connectivity index (χ2n) is 5.58. The van der Waals surface area contributed by atoms with Gasteiger partial charge in [0.1, 0.15) is 28.4 Å². The van der Waals surface area contributed by atoms with Gasteiger partial charge in [-0.3, -0.25) is 4.72 Å². The van der Waals surface area contributed by atoms with Crippen LogP contribution in [-0.4, -0.2) is 13.4 Å². The average Bonchev–Trinajstić information content (AvgIpc) is 3.15. The van der Waals surface area contributed by atoms with Crippen LogP contribution in [0.5, 0.6) is 0 Å². The first-order valence-electron chi connectivity index (χ1n) is 7.55. The molecule has 0 aliphatic carbocycles.